The van der Waals surface area contributed by atoms with E-state index in [1.54, 1.807) is 12.7 Å². The molecule has 2 unspecified atom stereocenters. The molecule has 3 aliphatic rings. The standard InChI is InChI=1S/C27H32O2/c1-3-27-16-15-23-22-12-10-21(28-2)17-20(22)9-11-24(23)25(27)13-14-26(27)29-18-19-7-5-4-6-8-19/h4-8,10,12,15,17,24-26H,3,9,11,13-14,16,18H2,1-2H3/t24?,25?,26-,27-/m0/s1. The van der Waals surface area contributed by atoms with E-state index in [9.17, 15) is 0 Å². The van der Waals surface area contributed by atoms with Crippen molar-refractivity contribution in [3.8, 4) is 5.75 Å². The Bertz CT molecular complexity index is 900. The molecule has 0 heterocycles. The van der Waals surface area contributed by atoms with Crippen LogP contribution in [0.3, 0.4) is 0 Å². The van der Waals surface area contributed by atoms with Crippen molar-refractivity contribution in [2.45, 2.75) is 58.2 Å². The number of aryl methyl sites for hydroxylation is 1. The summed E-state index contributed by atoms with van der Waals surface area (Å²) in [6, 6.07) is 17.3. The minimum atomic E-state index is 0.312. The van der Waals surface area contributed by atoms with E-state index in [2.05, 4.69) is 61.5 Å². The van der Waals surface area contributed by atoms with E-state index in [4.69, 9.17) is 9.47 Å². The van der Waals surface area contributed by atoms with Crippen LogP contribution in [0.5, 0.6) is 5.75 Å². The summed E-state index contributed by atoms with van der Waals surface area (Å²) in [6.07, 6.45) is 10.3. The van der Waals surface area contributed by atoms with Crippen molar-refractivity contribution >= 4 is 5.57 Å². The molecule has 0 N–H and O–H groups in total. The third kappa shape index (κ3) is 3.13. The lowest BCUT2D eigenvalue weighted by Crippen LogP contribution is -2.42. The third-order valence-electron chi connectivity index (χ3n) is 8.01. The summed E-state index contributed by atoms with van der Waals surface area (Å²) in [4.78, 5) is 0. The van der Waals surface area contributed by atoms with Crippen molar-refractivity contribution in [3.05, 3.63) is 71.3 Å². The molecule has 0 radical (unpaired) electrons. The van der Waals surface area contributed by atoms with Crippen molar-refractivity contribution < 1.29 is 9.47 Å². The van der Waals surface area contributed by atoms with Crippen LogP contribution in [0.25, 0.3) is 5.57 Å². The fraction of sp³-hybridized carbons (Fsp3) is 0.481. The zero-order valence-corrected chi connectivity index (χ0v) is 17.7. The average Bonchev–Trinajstić information content (AvgIpc) is 3.16. The molecule has 2 aromatic carbocycles. The zero-order valence-electron chi connectivity index (χ0n) is 17.7. The summed E-state index contributed by atoms with van der Waals surface area (Å²) in [5, 5.41) is 0. The normalized spacial score (nSPS) is 30.1. The van der Waals surface area contributed by atoms with Gasteiger partial charge in [-0.05, 0) is 84.8 Å². The molecule has 0 saturated heterocycles. The van der Waals surface area contributed by atoms with Gasteiger partial charge in [0.05, 0.1) is 19.8 Å². The third-order valence-corrected chi connectivity index (χ3v) is 8.01. The Morgan fingerprint density at radius 1 is 1.03 bits per heavy atom. The van der Waals surface area contributed by atoms with Gasteiger partial charge in [0.2, 0.25) is 0 Å². The molecule has 152 valence electrons. The number of benzene rings is 2. The summed E-state index contributed by atoms with van der Waals surface area (Å²) in [7, 11) is 1.76. The van der Waals surface area contributed by atoms with Crippen LogP contribution in [0.4, 0.5) is 0 Å². The molecule has 5 rings (SSSR count). The first-order valence-corrected chi connectivity index (χ1v) is 11.3. The van der Waals surface area contributed by atoms with E-state index < -0.39 is 0 Å². The van der Waals surface area contributed by atoms with Gasteiger partial charge < -0.3 is 9.47 Å². The second-order valence-electron chi connectivity index (χ2n) is 9.09. The second kappa shape index (κ2) is 7.65. The van der Waals surface area contributed by atoms with Crippen LogP contribution in [-0.2, 0) is 17.8 Å². The number of hydrogen-bond acceptors (Lipinski definition) is 2. The number of hydrogen-bond donors (Lipinski definition) is 0. The zero-order chi connectivity index (χ0) is 19.8. The molecular formula is C27H32O2. The number of rotatable bonds is 5. The van der Waals surface area contributed by atoms with E-state index in [0.29, 0.717) is 17.4 Å². The van der Waals surface area contributed by atoms with Gasteiger partial charge in [-0.1, -0.05) is 49.4 Å². The first-order valence-electron chi connectivity index (χ1n) is 11.3. The smallest absolute Gasteiger partial charge is 0.119 e. The molecule has 4 atom stereocenters. The molecule has 2 heteroatoms. The van der Waals surface area contributed by atoms with Gasteiger partial charge >= 0.3 is 0 Å². The lowest BCUT2D eigenvalue weighted by molar-refractivity contribution is -0.0566. The van der Waals surface area contributed by atoms with Gasteiger partial charge in [0, 0.05) is 5.41 Å². The molecule has 2 nitrogen and oxygen atoms in total. The molecular weight excluding hydrogens is 356 g/mol. The van der Waals surface area contributed by atoms with Crippen LogP contribution in [0.2, 0.25) is 0 Å². The molecule has 2 aromatic rings. The Kier molecular flexibility index (Phi) is 4.99. The molecule has 3 aliphatic carbocycles. The number of allylic oxidation sites excluding steroid dienone is 2. The minimum absolute atomic E-state index is 0.312. The van der Waals surface area contributed by atoms with Crippen LogP contribution in [0.15, 0.2) is 54.6 Å². The molecule has 0 amide bonds. The summed E-state index contributed by atoms with van der Waals surface area (Å²) in [5.74, 6) is 2.43. The van der Waals surface area contributed by atoms with Crippen LogP contribution in [0, 0.1) is 17.3 Å². The first-order chi connectivity index (χ1) is 14.2. The molecule has 0 spiro atoms. The summed E-state index contributed by atoms with van der Waals surface area (Å²) in [6.45, 7) is 3.13. The number of methoxy groups -OCH3 is 1. The molecule has 0 aliphatic heterocycles. The quantitative estimate of drug-likeness (QED) is 0.587. The molecule has 29 heavy (non-hydrogen) atoms. The van der Waals surface area contributed by atoms with Gasteiger partial charge in [0.15, 0.2) is 0 Å². The summed E-state index contributed by atoms with van der Waals surface area (Å²) in [5.41, 5.74) is 6.14. The van der Waals surface area contributed by atoms with Crippen LogP contribution < -0.4 is 4.74 Å². The van der Waals surface area contributed by atoms with Crippen molar-refractivity contribution in [1.82, 2.24) is 0 Å². The minimum Gasteiger partial charge on any atom is -0.497 e. The van der Waals surface area contributed by atoms with E-state index in [0.717, 1.165) is 24.7 Å². The highest BCUT2D eigenvalue weighted by molar-refractivity contribution is 5.73. The van der Waals surface area contributed by atoms with Gasteiger partial charge in [-0.3, -0.25) is 0 Å². The van der Waals surface area contributed by atoms with Crippen molar-refractivity contribution in [2.75, 3.05) is 7.11 Å². The van der Waals surface area contributed by atoms with Gasteiger partial charge in [-0.25, -0.2) is 0 Å². The molecule has 0 aromatic heterocycles. The first kappa shape index (κ1) is 18.9. The predicted octanol–water partition coefficient (Wildman–Crippen LogP) is 6.44. The van der Waals surface area contributed by atoms with Gasteiger partial charge in [-0.15, -0.1) is 0 Å². The van der Waals surface area contributed by atoms with Crippen molar-refractivity contribution in [3.63, 3.8) is 0 Å². The maximum atomic E-state index is 6.59. The highest BCUT2D eigenvalue weighted by Crippen LogP contribution is 2.60. The Morgan fingerprint density at radius 2 is 1.90 bits per heavy atom. The molecule has 1 saturated carbocycles. The van der Waals surface area contributed by atoms with Crippen LogP contribution >= 0.6 is 0 Å². The maximum absolute atomic E-state index is 6.59. The lowest BCUT2D eigenvalue weighted by Gasteiger charge is -2.48. The monoisotopic (exact) mass is 388 g/mol. The van der Waals surface area contributed by atoms with Gasteiger partial charge in [0.1, 0.15) is 5.75 Å². The number of ether oxygens (including phenoxy) is 2. The summed E-state index contributed by atoms with van der Waals surface area (Å²) >= 11 is 0. The van der Waals surface area contributed by atoms with Crippen molar-refractivity contribution in [1.29, 1.82) is 0 Å². The Morgan fingerprint density at radius 3 is 2.69 bits per heavy atom. The van der Waals surface area contributed by atoms with Gasteiger partial charge in [-0.2, -0.15) is 0 Å². The fourth-order valence-electron chi connectivity index (χ4n) is 6.51. The van der Waals surface area contributed by atoms with E-state index in [1.807, 2.05) is 0 Å². The lowest BCUT2D eigenvalue weighted by atomic mass is 9.58. The SMILES string of the molecule is CC[C@]12CC=C3c4ccc(OC)cc4CCC3C1CC[C@@H]2OCc1ccccc1. The largest absolute Gasteiger partial charge is 0.497 e. The Labute approximate surface area is 174 Å². The Balaban J connectivity index is 1.41. The molecule has 1 fully saturated rings. The topological polar surface area (TPSA) is 18.5 Å². The van der Waals surface area contributed by atoms with E-state index >= 15 is 0 Å². The Hall–Kier alpha value is -2.06. The van der Waals surface area contributed by atoms with Crippen LogP contribution in [0.1, 0.15) is 55.7 Å². The van der Waals surface area contributed by atoms with Crippen molar-refractivity contribution in [2.24, 2.45) is 17.3 Å². The second-order valence-corrected chi connectivity index (χ2v) is 9.09. The highest BCUT2D eigenvalue weighted by atomic mass is 16.5. The van der Waals surface area contributed by atoms with E-state index in [1.165, 1.54) is 48.8 Å². The van der Waals surface area contributed by atoms with E-state index in [-0.39, 0.29) is 0 Å². The van der Waals surface area contributed by atoms with Crippen LogP contribution in [-0.4, -0.2) is 13.2 Å². The predicted molar refractivity (Wildman–Crippen MR) is 118 cm³/mol. The summed E-state index contributed by atoms with van der Waals surface area (Å²) < 4.78 is 12.0. The number of fused-ring (bicyclic) bond motifs is 5. The highest BCUT2D eigenvalue weighted by Gasteiger charge is 2.54. The van der Waals surface area contributed by atoms with Gasteiger partial charge in [0.25, 0.3) is 0 Å². The maximum Gasteiger partial charge on any atom is 0.119 e. The fourth-order valence-corrected chi connectivity index (χ4v) is 6.51. The average molecular weight is 389 g/mol. The molecule has 0 bridgehead atoms.